The molecule has 4 rings (SSSR count). The Balaban J connectivity index is 1.52. The van der Waals surface area contributed by atoms with Crippen LogP contribution < -0.4 is 15.5 Å². The van der Waals surface area contributed by atoms with Gasteiger partial charge in [0.1, 0.15) is 12.6 Å². The highest BCUT2D eigenvalue weighted by Crippen LogP contribution is 2.33. The molecule has 0 radical (unpaired) electrons. The van der Waals surface area contributed by atoms with Crippen molar-refractivity contribution >= 4 is 52.0 Å². The lowest BCUT2D eigenvalue weighted by atomic mass is 10.1. The molecule has 36 heavy (non-hydrogen) atoms. The number of benzene rings is 1. The molecule has 194 valence electrons. The minimum atomic E-state index is -2.87. The van der Waals surface area contributed by atoms with Gasteiger partial charge in [0, 0.05) is 36.1 Å². The van der Waals surface area contributed by atoms with Gasteiger partial charge in [0.05, 0.1) is 15.8 Å². The van der Waals surface area contributed by atoms with Crippen LogP contribution in [0.15, 0.2) is 30.3 Å². The molecule has 2 aliphatic rings. The molecule has 1 aliphatic carbocycles. The Morgan fingerprint density at radius 3 is 2.67 bits per heavy atom. The van der Waals surface area contributed by atoms with E-state index >= 15 is 0 Å². The van der Waals surface area contributed by atoms with E-state index in [-0.39, 0.29) is 48.8 Å². The van der Waals surface area contributed by atoms with Crippen LogP contribution in [0.5, 0.6) is 0 Å². The van der Waals surface area contributed by atoms with Crippen LogP contribution in [0.25, 0.3) is 0 Å². The molecule has 2 heterocycles. The number of thiophene rings is 1. The first-order chi connectivity index (χ1) is 17.3. The summed E-state index contributed by atoms with van der Waals surface area (Å²) in [4.78, 5) is 41.8. The summed E-state index contributed by atoms with van der Waals surface area (Å²) in [7, 11) is 0. The lowest BCUT2D eigenvalue weighted by Crippen LogP contribution is -2.51. The number of alkyl halides is 2. The van der Waals surface area contributed by atoms with E-state index in [0.717, 1.165) is 24.2 Å². The van der Waals surface area contributed by atoms with Gasteiger partial charge >= 0.3 is 0 Å². The lowest BCUT2D eigenvalue weighted by Gasteiger charge is -2.30. The first-order valence-corrected chi connectivity index (χ1v) is 12.9. The number of nitrogens with zero attached hydrogens (tertiary/aromatic N) is 2. The Morgan fingerprint density at radius 2 is 2.06 bits per heavy atom. The summed E-state index contributed by atoms with van der Waals surface area (Å²) in [6.07, 6.45) is -1.02. The maximum atomic E-state index is 14.0. The minimum absolute atomic E-state index is 0.00883. The maximum Gasteiger partial charge on any atom is 0.265 e. The number of carbonyl (C=O) groups is 3. The van der Waals surface area contributed by atoms with Crippen LogP contribution in [-0.4, -0.2) is 67.6 Å². The summed E-state index contributed by atoms with van der Waals surface area (Å²) in [6, 6.07) is 6.80. The molecular formula is C24H27ClF2N4O4S. The molecular weight excluding hydrogens is 514 g/mol. The molecule has 0 spiro atoms. The highest BCUT2D eigenvalue weighted by Gasteiger charge is 2.37. The largest absolute Gasteiger partial charge is 0.370 e. The van der Waals surface area contributed by atoms with Gasteiger partial charge in [-0.05, 0) is 49.7 Å². The average Bonchev–Trinajstić information content (AvgIpc) is 3.60. The number of likely N-dealkylation sites (N-methyl/N-ethyl adjacent to an activating group) is 1. The van der Waals surface area contributed by atoms with Crippen LogP contribution in [0, 0.1) is 0 Å². The third-order valence-electron chi connectivity index (χ3n) is 6.16. The predicted molar refractivity (Wildman–Crippen MR) is 134 cm³/mol. The van der Waals surface area contributed by atoms with E-state index in [4.69, 9.17) is 16.3 Å². The standard InChI is InChI=1S/C24H27ClF2N4O4S/c1-2-30(14-3-4-14)18(12-28-24(34)19-7-8-20(25)36-19)23(33)29-17-6-5-15(11-16(17)22(26)27)31-9-10-35-13-21(31)32/h5-8,11,14,18,22H,2-4,9-10,12-13H2,1H3,(H,28,34)(H,29,33)/t18-/m1/s1. The fraction of sp³-hybridized carbons (Fsp3) is 0.458. The zero-order valence-corrected chi connectivity index (χ0v) is 21.2. The molecule has 1 saturated carbocycles. The number of nitrogens with one attached hydrogen (secondary N) is 2. The SMILES string of the molecule is CCN(C1CC1)[C@H](CNC(=O)c1ccc(Cl)s1)C(=O)Nc1ccc(N2CCOCC2=O)cc1C(F)F. The number of ether oxygens (including phenoxy) is 1. The number of rotatable bonds is 10. The maximum absolute atomic E-state index is 14.0. The highest BCUT2D eigenvalue weighted by atomic mass is 35.5. The third kappa shape index (κ3) is 6.20. The fourth-order valence-corrected chi connectivity index (χ4v) is 5.19. The summed E-state index contributed by atoms with van der Waals surface area (Å²) >= 11 is 7.05. The van der Waals surface area contributed by atoms with Gasteiger partial charge in [-0.15, -0.1) is 11.3 Å². The summed E-state index contributed by atoms with van der Waals surface area (Å²) < 4.78 is 33.5. The van der Waals surface area contributed by atoms with Crippen molar-refractivity contribution in [1.82, 2.24) is 10.2 Å². The van der Waals surface area contributed by atoms with Crippen molar-refractivity contribution in [2.45, 2.75) is 38.3 Å². The van der Waals surface area contributed by atoms with E-state index in [9.17, 15) is 23.2 Å². The van der Waals surface area contributed by atoms with Crippen LogP contribution in [0.2, 0.25) is 4.34 Å². The fourth-order valence-electron chi connectivity index (χ4n) is 4.23. The van der Waals surface area contributed by atoms with E-state index < -0.39 is 18.4 Å². The minimum Gasteiger partial charge on any atom is -0.370 e. The smallest absolute Gasteiger partial charge is 0.265 e. The van der Waals surface area contributed by atoms with Gasteiger partial charge in [0.15, 0.2) is 0 Å². The monoisotopic (exact) mass is 540 g/mol. The van der Waals surface area contributed by atoms with E-state index in [1.54, 1.807) is 12.1 Å². The van der Waals surface area contributed by atoms with Gasteiger partial charge in [-0.25, -0.2) is 8.78 Å². The molecule has 1 aliphatic heterocycles. The number of hydrogen-bond acceptors (Lipinski definition) is 6. The quantitative estimate of drug-likeness (QED) is 0.477. The zero-order valence-electron chi connectivity index (χ0n) is 19.6. The van der Waals surface area contributed by atoms with Crippen molar-refractivity contribution in [3.8, 4) is 0 Å². The Kier molecular flexibility index (Phi) is 8.55. The third-order valence-corrected chi connectivity index (χ3v) is 7.39. The second kappa shape index (κ2) is 11.6. The van der Waals surface area contributed by atoms with Crippen molar-refractivity contribution in [1.29, 1.82) is 0 Å². The number of carbonyl (C=O) groups excluding carboxylic acids is 3. The lowest BCUT2D eigenvalue weighted by molar-refractivity contribution is -0.125. The molecule has 12 heteroatoms. The number of halogens is 3. The van der Waals surface area contributed by atoms with Gasteiger partial charge in [-0.1, -0.05) is 18.5 Å². The van der Waals surface area contributed by atoms with Crippen molar-refractivity contribution in [3.05, 3.63) is 45.1 Å². The zero-order chi connectivity index (χ0) is 25.8. The predicted octanol–water partition coefficient (Wildman–Crippen LogP) is 3.92. The van der Waals surface area contributed by atoms with Gasteiger partial charge in [-0.2, -0.15) is 0 Å². The summed E-state index contributed by atoms with van der Waals surface area (Å²) in [5, 5.41) is 5.42. The van der Waals surface area contributed by atoms with E-state index in [1.165, 1.54) is 23.1 Å². The van der Waals surface area contributed by atoms with Gasteiger partial charge in [-0.3, -0.25) is 19.3 Å². The van der Waals surface area contributed by atoms with Crippen LogP contribution in [0.1, 0.15) is 41.4 Å². The van der Waals surface area contributed by atoms with Crippen molar-refractivity contribution < 1.29 is 27.9 Å². The number of amides is 3. The van der Waals surface area contributed by atoms with Crippen LogP contribution >= 0.6 is 22.9 Å². The first-order valence-electron chi connectivity index (χ1n) is 11.7. The Bertz CT molecular complexity index is 1130. The second-order valence-electron chi connectivity index (χ2n) is 8.55. The number of hydrogen-bond donors (Lipinski definition) is 2. The molecule has 3 amide bonds. The van der Waals surface area contributed by atoms with Gasteiger partial charge in [0.2, 0.25) is 5.91 Å². The summed E-state index contributed by atoms with van der Waals surface area (Å²) in [6.45, 7) is 2.95. The van der Waals surface area contributed by atoms with Gasteiger partial charge in [0.25, 0.3) is 18.2 Å². The molecule has 1 atom stereocenters. The molecule has 2 aromatic rings. The normalized spacial score (nSPS) is 16.9. The van der Waals surface area contributed by atoms with Crippen LogP contribution in [-0.2, 0) is 14.3 Å². The van der Waals surface area contributed by atoms with Crippen molar-refractivity contribution in [2.24, 2.45) is 0 Å². The highest BCUT2D eigenvalue weighted by molar-refractivity contribution is 7.18. The molecule has 2 fully saturated rings. The molecule has 1 aromatic carbocycles. The van der Waals surface area contributed by atoms with E-state index in [2.05, 4.69) is 10.6 Å². The second-order valence-corrected chi connectivity index (χ2v) is 10.3. The van der Waals surface area contributed by atoms with E-state index in [1.807, 2.05) is 11.8 Å². The molecule has 1 saturated heterocycles. The van der Waals surface area contributed by atoms with Gasteiger partial charge < -0.3 is 20.3 Å². The Labute approximate surface area is 216 Å². The Morgan fingerprint density at radius 1 is 1.28 bits per heavy atom. The first kappa shape index (κ1) is 26.5. The van der Waals surface area contributed by atoms with Crippen molar-refractivity contribution in [3.63, 3.8) is 0 Å². The van der Waals surface area contributed by atoms with Crippen molar-refractivity contribution in [2.75, 3.05) is 43.1 Å². The molecule has 8 nitrogen and oxygen atoms in total. The number of anilines is 2. The average molecular weight is 541 g/mol. The topological polar surface area (TPSA) is 91.0 Å². The summed E-state index contributed by atoms with van der Waals surface area (Å²) in [5.41, 5.74) is -0.0958. The molecule has 1 aromatic heterocycles. The molecule has 2 N–H and O–H groups in total. The molecule has 0 bridgehead atoms. The van der Waals surface area contributed by atoms with Crippen LogP contribution in [0.3, 0.4) is 0 Å². The number of morpholine rings is 1. The Hall–Kier alpha value is -2.60. The van der Waals surface area contributed by atoms with E-state index in [0.29, 0.717) is 28.1 Å². The van der Waals surface area contributed by atoms with Crippen LogP contribution in [0.4, 0.5) is 20.2 Å². The molecule has 0 unspecified atom stereocenters. The summed E-state index contributed by atoms with van der Waals surface area (Å²) in [5.74, 6) is -1.17.